The third kappa shape index (κ3) is 9.41. The predicted octanol–water partition coefficient (Wildman–Crippen LogP) is 9.53. The molecular formula is C49H62N2O10. The van der Waals surface area contributed by atoms with Gasteiger partial charge in [0.05, 0.1) is 25.3 Å². The molecule has 6 atom stereocenters. The molecule has 1 saturated carbocycles. The Morgan fingerprint density at radius 3 is 2.38 bits per heavy atom. The van der Waals surface area contributed by atoms with Crippen LogP contribution in [0.4, 0.5) is 4.79 Å². The van der Waals surface area contributed by atoms with Crippen molar-refractivity contribution in [1.82, 2.24) is 4.90 Å². The van der Waals surface area contributed by atoms with E-state index in [1.165, 1.54) is 12.7 Å². The third-order valence-electron chi connectivity index (χ3n) is 12.4. The molecule has 2 aliphatic carbocycles. The molecule has 12 heteroatoms. The first-order valence-electron chi connectivity index (χ1n) is 21.6. The number of allylic oxidation sites excluding steroid dienone is 1. The average molecular weight is 839 g/mol. The second kappa shape index (κ2) is 18.9. The van der Waals surface area contributed by atoms with E-state index in [0.717, 1.165) is 53.7 Å². The normalized spacial score (nSPS) is 24.2. The van der Waals surface area contributed by atoms with E-state index in [-0.39, 0.29) is 57.3 Å². The lowest BCUT2D eigenvalue weighted by molar-refractivity contribution is -0.256. The monoisotopic (exact) mass is 838 g/mol. The number of ether oxygens (including phenoxy) is 6. The summed E-state index contributed by atoms with van der Waals surface area (Å²) < 4.78 is 38.0. The quantitative estimate of drug-likeness (QED) is 0.0768. The summed E-state index contributed by atoms with van der Waals surface area (Å²) in [6.45, 7) is 14.7. The number of hydrogen-bond donors (Lipinski definition) is 2. The number of benzene rings is 3. The van der Waals surface area contributed by atoms with Crippen molar-refractivity contribution in [2.75, 3.05) is 33.7 Å². The molecule has 0 saturated heterocycles. The molecule has 0 aromatic heterocycles. The van der Waals surface area contributed by atoms with E-state index in [0.29, 0.717) is 41.6 Å². The molecule has 3 aromatic carbocycles. The molecule has 2 N–H and O–H groups in total. The molecular weight excluding hydrogens is 777 g/mol. The van der Waals surface area contributed by atoms with Gasteiger partial charge in [-0.3, -0.25) is 4.90 Å². The summed E-state index contributed by atoms with van der Waals surface area (Å²) in [6.07, 6.45) is 8.31. The number of aliphatic hydroxyl groups excluding tert-OH is 2. The van der Waals surface area contributed by atoms with Gasteiger partial charge in [-0.1, -0.05) is 42.3 Å². The van der Waals surface area contributed by atoms with Crippen LogP contribution >= 0.6 is 0 Å². The SMILES string of the molecule is C=CCO[C@@]12Oc3ccc(Oc4ccc(C)c(C)c4)cc3[C@H]3[C@H](CCCCO)[C@@H](CCCCO)C=C(C(=NOC(C)(C)C)C[C@@H]1N(Cc1ccc4c(c1)OCO4)C(=O)OC)[C@H]32. The number of nitrogens with zero attached hydrogens (tertiary/aromatic N) is 2. The van der Waals surface area contributed by atoms with Gasteiger partial charge in [0.1, 0.15) is 28.9 Å². The Bertz CT molecular complexity index is 2110. The van der Waals surface area contributed by atoms with Crippen molar-refractivity contribution in [2.45, 2.75) is 109 Å². The number of carbonyl (C=O) groups excluding carboxylic acids is 1. The van der Waals surface area contributed by atoms with Gasteiger partial charge in [0.2, 0.25) is 12.6 Å². The van der Waals surface area contributed by atoms with Gasteiger partial charge < -0.3 is 43.5 Å². The van der Waals surface area contributed by atoms with Crippen LogP contribution in [-0.2, 0) is 20.9 Å². The van der Waals surface area contributed by atoms with Crippen molar-refractivity contribution in [2.24, 2.45) is 22.9 Å². The van der Waals surface area contributed by atoms with Crippen LogP contribution < -0.4 is 18.9 Å². The maximum Gasteiger partial charge on any atom is 0.410 e. The fraction of sp³-hybridized carbons (Fsp3) is 0.510. The smallest absolute Gasteiger partial charge is 0.410 e. The Morgan fingerprint density at radius 1 is 0.934 bits per heavy atom. The lowest BCUT2D eigenvalue weighted by atomic mass is 9.55. The van der Waals surface area contributed by atoms with Crippen molar-refractivity contribution in [3.8, 4) is 28.7 Å². The van der Waals surface area contributed by atoms with Gasteiger partial charge in [-0.2, -0.15) is 0 Å². The predicted molar refractivity (Wildman–Crippen MR) is 232 cm³/mol. The highest BCUT2D eigenvalue weighted by molar-refractivity contribution is 6.03. The zero-order valence-electron chi connectivity index (χ0n) is 36.5. The Labute approximate surface area is 360 Å². The zero-order valence-corrected chi connectivity index (χ0v) is 36.5. The standard InChI is InChI=1S/C49H62N2O10/c1-8-23-58-49-44(51(47(54)55-7)29-33-16-19-42-43(25-33)57-30-56-42)28-40(50-61-48(4,5)6)38-26-34(13-9-11-21-52)37(14-10-12-22-53)45(46(38)49)39-27-36(18-20-41(39)60-49)59-35-17-15-31(2)32(3)24-35/h8,15-20,24-27,34,37,44-46,52-53H,1,9-14,21-23,28-30H2,2-7H3/t34-,37+,44-,45+,46+,49+/m0/s1. The number of methoxy groups -OCH3 is 1. The molecule has 2 heterocycles. The summed E-state index contributed by atoms with van der Waals surface area (Å²) >= 11 is 0. The number of aryl methyl sites for hydroxylation is 2. The minimum atomic E-state index is -1.45. The number of unbranched alkanes of at least 4 members (excludes halogenated alkanes) is 2. The molecule has 0 radical (unpaired) electrons. The lowest BCUT2D eigenvalue weighted by Crippen LogP contribution is -2.70. The van der Waals surface area contributed by atoms with E-state index < -0.39 is 29.4 Å². The molecule has 3 aromatic rings. The van der Waals surface area contributed by atoms with E-state index >= 15 is 0 Å². The summed E-state index contributed by atoms with van der Waals surface area (Å²) in [4.78, 5) is 22.3. The van der Waals surface area contributed by atoms with Crippen LogP contribution in [-0.4, -0.2) is 78.1 Å². The van der Waals surface area contributed by atoms with Crippen LogP contribution in [0.3, 0.4) is 0 Å². The van der Waals surface area contributed by atoms with Gasteiger partial charge in [0.25, 0.3) is 0 Å². The number of amides is 1. The molecule has 1 amide bonds. The van der Waals surface area contributed by atoms with E-state index in [1.807, 2.05) is 63.2 Å². The van der Waals surface area contributed by atoms with Crippen LogP contribution in [0.1, 0.15) is 93.9 Å². The molecule has 2 aliphatic heterocycles. The van der Waals surface area contributed by atoms with E-state index in [4.69, 9.17) is 38.4 Å². The number of hydrogen-bond acceptors (Lipinski definition) is 11. The molecule has 0 spiro atoms. The van der Waals surface area contributed by atoms with E-state index in [9.17, 15) is 15.0 Å². The van der Waals surface area contributed by atoms with Gasteiger partial charge in [0, 0.05) is 37.7 Å². The number of rotatable bonds is 17. The summed E-state index contributed by atoms with van der Waals surface area (Å²) in [6, 6.07) is 16.9. The van der Waals surface area contributed by atoms with Gasteiger partial charge in [-0.25, -0.2) is 4.79 Å². The maximum absolute atomic E-state index is 14.3. The zero-order chi connectivity index (χ0) is 43.3. The molecule has 7 rings (SSSR count). The Balaban J connectivity index is 1.45. The first-order chi connectivity index (χ1) is 29.4. The number of carbonyl (C=O) groups is 1. The number of fused-ring (bicyclic) bond motifs is 3. The Kier molecular flexibility index (Phi) is 13.7. The average Bonchev–Trinajstić information content (AvgIpc) is 3.72. The van der Waals surface area contributed by atoms with Crippen molar-refractivity contribution < 1.29 is 48.3 Å². The first kappa shape index (κ1) is 44.0. The van der Waals surface area contributed by atoms with E-state index in [1.54, 1.807) is 11.0 Å². The second-order valence-electron chi connectivity index (χ2n) is 17.6. The molecule has 0 bridgehead atoms. The minimum absolute atomic E-state index is 0.0502. The first-order valence-corrected chi connectivity index (χ1v) is 21.6. The summed E-state index contributed by atoms with van der Waals surface area (Å²) in [5.41, 5.74) is 5.11. The Hall–Kier alpha value is -5.04. The largest absolute Gasteiger partial charge is 0.459 e. The highest BCUT2D eigenvalue weighted by Crippen LogP contribution is 2.62. The minimum Gasteiger partial charge on any atom is -0.459 e. The topological polar surface area (TPSA) is 138 Å². The summed E-state index contributed by atoms with van der Waals surface area (Å²) in [7, 11) is 1.38. The fourth-order valence-electron chi connectivity index (χ4n) is 9.47. The maximum atomic E-state index is 14.3. The van der Waals surface area contributed by atoms with Crippen molar-refractivity contribution in [1.29, 1.82) is 0 Å². The third-order valence-corrected chi connectivity index (χ3v) is 12.4. The van der Waals surface area contributed by atoms with Gasteiger partial charge in [0.15, 0.2) is 11.5 Å². The van der Waals surface area contributed by atoms with E-state index in [2.05, 4.69) is 38.6 Å². The van der Waals surface area contributed by atoms with Crippen LogP contribution in [0.25, 0.3) is 0 Å². The highest BCUT2D eigenvalue weighted by Gasteiger charge is 2.65. The second-order valence-corrected chi connectivity index (χ2v) is 17.6. The molecule has 328 valence electrons. The molecule has 4 aliphatic rings. The van der Waals surface area contributed by atoms with Crippen molar-refractivity contribution in [3.63, 3.8) is 0 Å². The molecule has 12 nitrogen and oxygen atoms in total. The summed E-state index contributed by atoms with van der Waals surface area (Å²) in [5, 5.41) is 24.8. The lowest BCUT2D eigenvalue weighted by Gasteiger charge is -2.59. The Morgan fingerprint density at radius 2 is 1.66 bits per heavy atom. The molecule has 61 heavy (non-hydrogen) atoms. The number of oxime groups is 1. The van der Waals surface area contributed by atoms with Gasteiger partial charge in [-0.05, 0) is 137 Å². The van der Waals surface area contributed by atoms with Crippen LogP contribution in [0.2, 0.25) is 0 Å². The van der Waals surface area contributed by atoms with Gasteiger partial charge >= 0.3 is 6.09 Å². The van der Waals surface area contributed by atoms with Crippen LogP contribution in [0.15, 0.2) is 84.1 Å². The highest BCUT2D eigenvalue weighted by atomic mass is 16.7. The van der Waals surface area contributed by atoms with Crippen molar-refractivity contribution in [3.05, 3.63) is 101 Å². The van der Waals surface area contributed by atoms with Crippen LogP contribution in [0, 0.1) is 31.6 Å². The van der Waals surface area contributed by atoms with Crippen LogP contribution in [0.5, 0.6) is 28.7 Å². The molecule has 1 fully saturated rings. The fourth-order valence-corrected chi connectivity index (χ4v) is 9.47. The van der Waals surface area contributed by atoms with Gasteiger partial charge in [-0.15, -0.1) is 6.58 Å². The summed E-state index contributed by atoms with van der Waals surface area (Å²) in [5.74, 6) is 1.23. The van der Waals surface area contributed by atoms with Crippen molar-refractivity contribution >= 4 is 11.8 Å². The molecule has 0 unspecified atom stereocenters. The number of aliphatic hydroxyl groups is 2.